The number of benzene rings is 1. The number of phenolic OH excluding ortho intramolecular Hbond substituents is 1. The molecule has 0 saturated heterocycles. The highest BCUT2D eigenvalue weighted by molar-refractivity contribution is 5.76. The second-order valence-corrected chi connectivity index (χ2v) is 4.61. The SMILES string of the molecule is CCC(=O)N[C@H]1CCc2c(ccc(OC)c2O)C1. The number of nitrogens with one attached hydrogen (secondary N) is 1. The molecule has 18 heavy (non-hydrogen) atoms. The summed E-state index contributed by atoms with van der Waals surface area (Å²) in [7, 11) is 1.55. The smallest absolute Gasteiger partial charge is 0.219 e. The molecule has 0 aromatic heterocycles. The molecule has 1 aromatic carbocycles. The number of carbonyl (C=O) groups is 1. The first-order valence-corrected chi connectivity index (χ1v) is 6.32. The van der Waals surface area contributed by atoms with Crippen LogP contribution in [0, 0.1) is 0 Å². The van der Waals surface area contributed by atoms with E-state index in [2.05, 4.69) is 5.32 Å². The van der Waals surface area contributed by atoms with E-state index < -0.39 is 0 Å². The Kier molecular flexibility index (Phi) is 3.75. The maximum absolute atomic E-state index is 11.4. The molecular weight excluding hydrogens is 230 g/mol. The van der Waals surface area contributed by atoms with Crippen LogP contribution in [0.15, 0.2) is 12.1 Å². The highest BCUT2D eigenvalue weighted by Gasteiger charge is 2.23. The maximum Gasteiger partial charge on any atom is 0.219 e. The van der Waals surface area contributed by atoms with Crippen LogP contribution in [0.1, 0.15) is 30.9 Å². The van der Waals surface area contributed by atoms with E-state index in [-0.39, 0.29) is 17.7 Å². The number of methoxy groups -OCH3 is 1. The predicted octanol–water partition coefficient (Wildman–Crippen LogP) is 1.78. The van der Waals surface area contributed by atoms with Gasteiger partial charge < -0.3 is 15.2 Å². The van der Waals surface area contributed by atoms with Gasteiger partial charge in [0.15, 0.2) is 11.5 Å². The lowest BCUT2D eigenvalue weighted by Crippen LogP contribution is -2.38. The normalized spacial score (nSPS) is 18.0. The summed E-state index contributed by atoms with van der Waals surface area (Å²) in [5, 5.41) is 13.0. The van der Waals surface area contributed by atoms with Gasteiger partial charge in [0.25, 0.3) is 0 Å². The zero-order valence-corrected chi connectivity index (χ0v) is 10.8. The number of hydrogen-bond acceptors (Lipinski definition) is 3. The largest absolute Gasteiger partial charge is 0.504 e. The van der Waals surface area contributed by atoms with Gasteiger partial charge in [-0.15, -0.1) is 0 Å². The molecule has 0 bridgehead atoms. The highest BCUT2D eigenvalue weighted by atomic mass is 16.5. The van der Waals surface area contributed by atoms with E-state index in [4.69, 9.17) is 4.74 Å². The molecular formula is C14H19NO3. The van der Waals surface area contributed by atoms with Crippen LogP contribution in [-0.2, 0) is 17.6 Å². The van der Waals surface area contributed by atoms with Crippen molar-refractivity contribution in [3.63, 3.8) is 0 Å². The fourth-order valence-corrected chi connectivity index (χ4v) is 2.43. The van der Waals surface area contributed by atoms with Gasteiger partial charge in [-0.25, -0.2) is 0 Å². The van der Waals surface area contributed by atoms with Crippen molar-refractivity contribution < 1.29 is 14.6 Å². The van der Waals surface area contributed by atoms with Crippen molar-refractivity contribution >= 4 is 5.91 Å². The van der Waals surface area contributed by atoms with Gasteiger partial charge in [-0.3, -0.25) is 4.79 Å². The minimum atomic E-state index is 0.0844. The molecule has 0 heterocycles. The first-order valence-electron chi connectivity index (χ1n) is 6.32. The van der Waals surface area contributed by atoms with Gasteiger partial charge in [0.1, 0.15) is 0 Å². The molecule has 0 spiro atoms. The maximum atomic E-state index is 11.4. The Balaban J connectivity index is 2.16. The molecule has 2 N–H and O–H groups in total. The fraction of sp³-hybridized carbons (Fsp3) is 0.500. The minimum Gasteiger partial charge on any atom is -0.504 e. The van der Waals surface area contributed by atoms with Gasteiger partial charge in [0, 0.05) is 18.0 Å². The molecule has 1 atom stereocenters. The number of aromatic hydroxyl groups is 1. The van der Waals surface area contributed by atoms with Crippen molar-refractivity contribution in [2.75, 3.05) is 7.11 Å². The van der Waals surface area contributed by atoms with Crippen molar-refractivity contribution in [3.05, 3.63) is 23.3 Å². The van der Waals surface area contributed by atoms with Crippen LogP contribution in [0.25, 0.3) is 0 Å². The van der Waals surface area contributed by atoms with Crippen LogP contribution in [-0.4, -0.2) is 24.2 Å². The zero-order valence-electron chi connectivity index (χ0n) is 10.8. The van der Waals surface area contributed by atoms with Crippen LogP contribution in [0.4, 0.5) is 0 Å². The molecule has 4 heteroatoms. The third-order valence-electron chi connectivity index (χ3n) is 3.46. The third kappa shape index (κ3) is 2.42. The Morgan fingerprint density at radius 1 is 1.56 bits per heavy atom. The average molecular weight is 249 g/mol. The molecule has 0 radical (unpaired) electrons. The number of hydrogen-bond donors (Lipinski definition) is 2. The monoisotopic (exact) mass is 249 g/mol. The summed E-state index contributed by atoms with van der Waals surface area (Å²) in [6, 6.07) is 3.92. The van der Waals surface area contributed by atoms with Gasteiger partial charge in [0.05, 0.1) is 7.11 Å². The van der Waals surface area contributed by atoms with Crippen LogP contribution < -0.4 is 10.1 Å². The fourth-order valence-electron chi connectivity index (χ4n) is 2.43. The molecule has 4 nitrogen and oxygen atoms in total. The molecule has 1 aliphatic rings. The number of ether oxygens (including phenoxy) is 1. The van der Waals surface area contributed by atoms with E-state index >= 15 is 0 Å². The lowest BCUT2D eigenvalue weighted by atomic mass is 9.87. The summed E-state index contributed by atoms with van der Waals surface area (Å²) >= 11 is 0. The van der Waals surface area contributed by atoms with Crippen LogP contribution in [0.5, 0.6) is 11.5 Å². The Hall–Kier alpha value is -1.71. The second-order valence-electron chi connectivity index (χ2n) is 4.61. The van der Waals surface area contributed by atoms with Crippen molar-refractivity contribution in [3.8, 4) is 11.5 Å². The van der Waals surface area contributed by atoms with Gasteiger partial charge in [-0.1, -0.05) is 13.0 Å². The van der Waals surface area contributed by atoms with Gasteiger partial charge in [0.2, 0.25) is 5.91 Å². The summed E-state index contributed by atoms with van der Waals surface area (Å²) in [6.45, 7) is 1.85. The first kappa shape index (κ1) is 12.7. The molecule has 2 rings (SSSR count). The zero-order chi connectivity index (χ0) is 13.1. The molecule has 0 unspecified atom stereocenters. The Labute approximate surface area is 107 Å². The summed E-state index contributed by atoms with van der Waals surface area (Å²) in [5.41, 5.74) is 2.05. The van der Waals surface area contributed by atoms with Crippen LogP contribution in [0.2, 0.25) is 0 Å². The van der Waals surface area contributed by atoms with E-state index in [1.807, 2.05) is 13.0 Å². The summed E-state index contributed by atoms with van der Waals surface area (Å²) in [5.74, 6) is 0.848. The molecule has 0 fully saturated rings. The minimum absolute atomic E-state index is 0.0844. The molecule has 98 valence electrons. The summed E-state index contributed by atoms with van der Waals surface area (Å²) < 4.78 is 5.10. The lowest BCUT2D eigenvalue weighted by Gasteiger charge is -2.26. The standard InChI is InChI=1S/C14H19NO3/c1-3-13(16)15-10-5-6-11-9(8-10)4-7-12(18-2)14(11)17/h4,7,10,17H,3,5-6,8H2,1-2H3,(H,15,16)/t10-/m0/s1. The van der Waals surface area contributed by atoms with Gasteiger partial charge in [-0.2, -0.15) is 0 Å². The van der Waals surface area contributed by atoms with E-state index in [0.29, 0.717) is 12.2 Å². The average Bonchev–Trinajstić information content (AvgIpc) is 2.39. The first-order chi connectivity index (χ1) is 8.65. The Morgan fingerprint density at radius 3 is 3.00 bits per heavy atom. The summed E-state index contributed by atoms with van der Waals surface area (Å²) in [4.78, 5) is 11.4. The van der Waals surface area contributed by atoms with Crippen molar-refractivity contribution in [2.45, 2.75) is 38.6 Å². The topological polar surface area (TPSA) is 58.6 Å². The van der Waals surface area contributed by atoms with E-state index in [1.165, 1.54) is 0 Å². The van der Waals surface area contributed by atoms with Gasteiger partial charge >= 0.3 is 0 Å². The summed E-state index contributed by atoms with van der Waals surface area (Å²) in [6.07, 6.45) is 2.92. The molecule has 0 saturated carbocycles. The van der Waals surface area contributed by atoms with Crippen LogP contribution in [0.3, 0.4) is 0 Å². The molecule has 0 aliphatic heterocycles. The number of phenols is 1. The molecule has 1 amide bonds. The highest BCUT2D eigenvalue weighted by Crippen LogP contribution is 2.36. The number of rotatable bonds is 3. The lowest BCUT2D eigenvalue weighted by molar-refractivity contribution is -0.121. The number of fused-ring (bicyclic) bond motifs is 1. The van der Waals surface area contributed by atoms with E-state index in [1.54, 1.807) is 13.2 Å². The van der Waals surface area contributed by atoms with Crippen LogP contribution >= 0.6 is 0 Å². The van der Waals surface area contributed by atoms with Crippen molar-refractivity contribution in [2.24, 2.45) is 0 Å². The van der Waals surface area contributed by atoms with E-state index in [0.717, 1.165) is 30.4 Å². The van der Waals surface area contributed by atoms with Gasteiger partial charge in [-0.05, 0) is 30.9 Å². The van der Waals surface area contributed by atoms with Crippen molar-refractivity contribution in [1.29, 1.82) is 0 Å². The molecule has 1 aromatic rings. The quantitative estimate of drug-likeness (QED) is 0.858. The number of amides is 1. The Bertz CT molecular complexity index is 457. The van der Waals surface area contributed by atoms with E-state index in [9.17, 15) is 9.90 Å². The molecule has 1 aliphatic carbocycles. The third-order valence-corrected chi connectivity index (χ3v) is 3.46. The predicted molar refractivity (Wildman–Crippen MR) is 68.9 cm³/mol. The Morgan fingerprint density at radius 2 is 2.33 bits per heavy atom. The second kappa shape index (κ2) is 5.29. The number of carbonyl (C=O) groups excluding carboxylic acids is 1. The van der Waals surface area contributed by atoms with Crippen molar-refractivity contribution in [1.82, 2.24) is 5.32 Å².